The molecule has 1 aliphatic rings. The Morgan fingerprint density at radius 1 is 1.09 bits per heavy atom. The zero-order valence-electron chi connectivity index (χ0n) is 14.5. The van der Waals surface area contributed by atoms with E-state index in [1.54, 1.807) is 12.7 Å². The van der Waals surface area contributed by atoms with Gasteiger partial charge in [0.15, 0.2) is 0 Å². The second kappa shape index (κ2) is 7.18. The van der Waals surface area contributed by atoms with Gasteiger partial charge in [0, 0.05) is 6.54 Å². The van der Waals surface area contributed by atoms with Crippen molar-refractivity contribution in [1.82, 2.24) is 4.90 Å². The van der Waals surface area contributed by atoms with Gasteiger partial charge in [-0.25, -0.2) is 0 Å². The van der Waals surface area contributed by atoms with Crippen molar-refractivity contribution in [1.29, 1.82) is 0 Å². The van der Waals surface area contributed by atoms with Crippen LogP contribution in [-0.4, -0.2) is 32.6 Å². The van der Waals surface area contributed by atoms with Crippen molar-refractivity contribution in [3.63, 3.8) is 0 Å². The van der Waals surface area contributed by atoms with Crippen LogP contribution in [0.25, 0.3) is 0 Å². The molecule has 0 saturated heterocycles. The van der Waals surface area contributed by atoms with E-state index in [2.05, 4.69) is 61.5 Å². The molecule has 23 heavy (non-hydrogen) atoms. The molecular weight excluding hydrogens is 282 g/mol. The van der Waals surface area contributed by atoms with E-state index in [1.165, 1.54) is 24.0 Å². The van der Waals surface area contributed by atoms with Gasteiger partial charge in [-0.3, -0.25) is 0 Å². The number of methoxy groups -OCH3 is 1. The molecule has 3 rings (SSSR count). The van der Waals surface area contributed by atoms with Crippen LogP contribution in [0.15, 0.2) is 48.5 Å². The van der Waals surface area contributed by atoms with E-state index < -0.39 is 0 Å². The summed E-state index contributed by atoms with van der Waals surface area (Å²) in [6, 6.07) is 17.5. The van der Waals surface area contributed by atoms with Gasteiger partial charge in [-0.15, -0.1) is 0 Å². The summed E-state index contributed by atoms with van der Waals surface area (Å²) in [5.74, 6) is 2.26. The topological polar surface area (TPSA) is 12.5 Å². The number of hydrogen-bond acceptors (Lipinski definition) is 2. The lowest BCUT2D eigenvalue weighted by Gasteiger charge is -2.35. The van der Waals surface area contributed by atoms with Gasteiger partial charge in [-0.2, -0.15) is 0 Å². The van der Waals surface area contributed by atoms with Crippen LogP contribution in [0.3, 0.4) is 0 Å². The molecule has 2 atom stereocenters. The molecule has 2 unspecified atom stereocenters. The standard InChI is InChI=1S/C21H27NO/c1-22(2)15-18-12-11-17-8-4-5-10-20(17)21(18)14-16-7-6-9-19(13-16)23-3/h4-10,13,18,21H,11-12,14-15H2,1-3H3. The van der Waals surface area contributed by atoms with Crippen molar-refractivity contribution < 1.29 is 4.74 Å². The van der Waals surface area contributed by atoms with E-state index in [0.29, 0.717) is 11.8 Å². The molecule has 122 valence electrons. The molecule has 2 heteroatoms. The largest absolute Gasteiger partial charge is 0.497 e. The first kappa shape index (κ1) is 16.1. The molecule has 2 aromatic rings. The lowest BCUT2D eigenvalue weighted by molar-refractivity contribution is 0.264. The van der Waals surface area contributed by atoms with Gasteiger partial charge in [0.25, 0.3) is 0 Å². The molecule has 1 aliphatic carbocycles. The smallest absolute Gasteiger partial charge is 0.119 e. The first-order valence-corrected chi connectivity index (χ1v) is 8.53. The number of nitrogens with zero attached hydrogens (tertiary/aromatic N) is 1. The summed E-state index contributed by atoms with van der Waals surface area (Å²) in [5, 5.41) is 0. The first-order chi connectivity index (χ1) is 11.2. The molecule has 0 N–H and O–H groups in total. The van der Waals surface area contributed by atoms with Crippen LogP contribution in [0, 0.1) is 5.92 Å². The fourth-order valence-corrected chi connectivity index (χ4v) is 3.94. The van der Waals surface area contributed by atoms with Crippen molar-refractivity contribution in [2.24, 2.45) is 5.92 Å². The minimum Gasteiger partial charge on any atom is -0.497 e. The van der Waals surface area contributed by atoms with Crippen LogP contribution in [0.4, 0.5) is 0 Å². The van der Waals surface area contributed by atoms with Crippen LogP contribution < -0.4 is 4.74 Å². The maximum atomic E-state index is 5.40. The molecule has 0 radical (unpaired) electrons. The predicted molar refractivity (Wildman–Crippen MR) is 96.2 cm³/mol. The van der Waals surface area contributed by atoms with Crippen LogP contribution in [0.2, 0.25) is 0 Å². The Bertz CT molecular complexity index is 650. The van der Waals surface area contributed by atoms with Crippen molar-refractivity contribution >= 4 is 0 Å². The predicted octanol–water partition coefficient (Wildman–Crippen LogP) is 4.15. The van der Waals surface area contributed by atoms with E-state index in [-0.39, 0.29) is 0 Å². The highest BCUT2D eigenvalue weighted by atomic mass is 16.5. The molecule has 0 fully saturated rings. The molecule has 0 spiro atoms. The van der Waals surface area contributed by atoms with Gasteiger partial charge in [-0.05, 0) is 74.0 Å². The summed E-state index contributed by atoms with van der Waals surface area (Å²) in [6.45, 7) is 1.16. The molecule has 0 amide bonds. The Kier molecular flexibility index (Phi) is 5.02. The molecule has 2 nitrogen and oxygen atoms in total. The normalized spacial score (nSPS) is 20.3. The van der Waals surface area contributed by atoms with Gasteiger partial charge in [-0.1, -0.05) is 36.4 Å². The monoisotopic (exact) mass is 309 g/mol. The highest BCUT2D eigenvalue weighted by Gasteiger charge is 2.29. The van der Waals surface area contributed by atoms with Crippen molar-refractivity contribution in [2.45, 2.75) is 25.2 Å². The van der Waals surface area contributed by atoms with Gasteiger partial charge in [0.2, 0.25) is 0 Å². The highest BCUT2D eigenvalue weighted by Crippen LogP contribution is 2.39. The lowest BCUT2D eigenvalue weighted by Crippen LogP contribution is -2.31. The third-order valence-corrected chi connectivity index (χ3v) is 5.00. The van der Waals surface area contributed by atoms with Gasteiger partial charge >= 0.3 is 0 Å². The Hall–Kier alpha value is -1.80. The minimum absolute atomic E-state index is 0.592. The third kappa shape index (κ3) is 3.76. The van der Waals surface area contributed by atoms with Crippen molar-refractivity contribution in [3.05, 3.63) is 65.2 Å². The van der Waals surface area contributed by atoms with Crippen LogP contribution in [0.1, 0.15) is 29.0 Å². The molecule has 2 aromatic carbocycles. The summed E-state index contributed by atoms with van der Waals surface area (Å²) < 4.78 is 5.40. The number of rotatable bonds is 5. The highest BCUT2D eigenvalue weighted by molar-refractivity contribution is 5.36. The van der Waals surface area contributed by atoms with E-state index >= 15 is 0 Å². The van der Waals surface area contributed by atoms with Gasteiger partial charge < -0.3 is 9.64 Å². The van der Waals surface area contributed by atoms with Crippen LogP contribution in [0.5, 0.6) is 5.75 Å². The average Bonchev–Trinajstić information content (AvgIpc) is 2.57. The van der Waals surface area contributed by atoms with Crippen LogP contribution >= 0.6 is 0 Å². The minimum atomic E-state index is 0.592. The molecular formula is C21H27NO. The summed E-state index contributed by atoms with van der Waals surface area (Å²) in [4.78, 5) is 2.33. The Morgan fingerprint density at radius 3 is 2.70 bits per heavy atom. The zero-order valence-corrected chi connectivity index (χ0v) is 14.5. The second-order valence-corrected chi connectivity index (χ2v) is 6.92. The number of hydrogen-bond donors (Lipinski definition) is 0. The number of aryl methyl sites for hydroxylation is 1. The Labute approximate surface area is 140 Å². The average molecular weight is 309 g/mol. The Balaban J connectivity index is 1.90. The maximum Gasteiger partial charge on any atom is 0.119 e. The second-order valence-electron chi connectivity index (χ2n) is 6.92. The first-order valence-electron chi connectivity index (χ1n) is 8.53. The van der Waals surface area contributed by atoms with E-state index in [9.17, 15) is 0 Å². The molecule has 0 aromatic heterocycles. The van der Waals surface area contributed by atoms with Crippen molar-refractivity contribution in [3.8, 4) is 5.75 Å². The zero-order chi connectivity index (χ0) is 16.2. The fourth-order valence-electron chi connectivity index (χ4n) is 3.94. The third-order valence-electron chi connectivity index (χ3n) is 5.00. The van der Waals surface area contributed by atoms with E-state index in [4.69, 9.17) is 4.74 Å². The number of benzene rings is 2. The molecule has 0 bridgehead atoms. The lowest BCUT2D eigenvalue weighted by atomic mass is 9.72. The van der Waals surface area contributed by atoms with Crippen LogP contribution in [-0.2, 0) is 12.8 Å². The van der Waals surface area contributed by atoms with Gasteiger partial charge in [0.05, 0.1) is 7.11 Å². The van der Waals surface area contributed by atoms with Crippen molar-refractivity contribution in [2.75, 3.05) is 27.7 Å². The molecule has 0 saturated carbocycles. The number of fused-ring (bicyclic) bond motifs is 1. The van der Waals surface area contributed by atoms with E-state index in [1.807, 2.05) is 6.07 Å². The van der Waals surface area contributed by atoms with E-state index in [0.717, 1.165) is 18.7 Å². The summed E-state index contributed by atoms with van der Waals surface area (Å²) >= 11 is 0. The summed E-state index contributed by atoms with van der Waals surface area (Å²) in [7, 11) is 6.11. The maximum absolute atomic E-state index is 5.40. The SMILES string of the molecule is COc1cccc(CC2c3ccccc3CCC2CN(C)C)c1. The molecule has 0 heterocycles. The summed E-state index contributed by atoms with van der Waals surface area (Å²) in [6.07, 6.45) is 3.58. The fraction of sp³-hybridized carbons (Fsp3) is 0.429. The quantitative estimate of drug-likeness (QED) is 0.823. The molecule has 0 aliphatic heterocycles. The number of ether oxygens (including phenoxy) is 1. The van der Waals surface area contributed by atoms with Gasteiger partial charge in [0.1, 0.15) is 5.75 Å². The summed E-state index contributed by atoms with van der Waals surface area (Å²) in [5.41, 5.74) is 4.46. The Morgan fingerprint density at radius 2 is 1.91 bits per heavy atom.